The van der Waals surface area contributed by atoms with Gasteiger partial charge in [-0.1, -0.05) is 22.6 Å². The van der Waals surface area contributed by atoms with Crippen LogP contribution in [0.1, 0.15) is 13.3 Å². The van der Waals surface area contributed by atoms with E-state index in [4.69, 9.17) is 4.74 Å². The standard InChI is InChI=1S/C9H12INO4S2/c1-3(10)9(12)15-7-4-2-5-8(16-4)6(7)11-17(5,13)14/h3-8,11H,2H2,1H3. The fourth-order valence-electron chi connectivity index (χ4n) is 2.75. The summed E-state index contributed by atoms with van der Waals surface area (Å²) in [7, 11) is -3.18. The molecule has 6 atom stereocenters. The van der Waals surface area contributed by atoms with Crippen LogP contribution in [0.5, 0.6) is 0 Å². The van der Waals surface area contributed by atoms with Crippen molar-refractivity contribution in [2.24, 2.45) is 0 Å². The maximum atomic E-state index is 11.8. The Morgan fingerprint density at radius 2 is 2.29 bits per heavy atom. The van der Waals surface area contributed by atoms with Gasteiger partial charge in [0.2, 0.25) is 10.0 Å². The van der Waals surface area contributed by atoms with Gasteiger partial charge in [0, 0.05) is 10.5 Å². The van der Waals surface area contributed by atoms with Gasteiger partial charge in [-0.2, -0.15) is 0 Å². The average molecular weight is 389 g/mol. The van der Waals surface area contributed by atoms with E-state index in [2.05, 4.69) is 4.72 Å². The van der Waals surface area contributed by atoms with E-state index >= 15 is 0 Å². The number of rotatable bonds is 2. The molecule has 3 heterocycles. The number of thioether (sulfide) groups is 1. The first-order valence-corrected chi connectivity index (χ1v) is 9.15. The maximum absolute atomic E-state index is 11.8. The first-order valence-electron chi connectivity index (χ1n) is 5.41. The summed E-state index contributed by atoms with van der Waals surface area (Å²) in [5.74, 6) is -0.258. The molecule has 0 aromatic heterocycles. The molecule has 0 aromatic carbocycles. The van der Waals surface area contributed by atoms with Gasteiger partial charge in [0.25, 0.3) is 0 Å². The molecule has 2 bridgehead atoms. The summed E-state index contributed by atoms with van der Waals surface area (Å²) in [5.41, 5.74) is 0. The van der Waals surface area contributed by atoms with Crippen LogP contribution in [0.25, 0.3) is 0 Å². The largest absolute Gasteiger partial charge is 0.459 e. The summed E-state index contributed by atoms with van der Waals surface area (Å²) in [4.78, 5) is 11.6. The minimum Gasteiger partial charge on any atom is -0.459 e. The molecule has 0 aliphatic carbocycles. The third-order valence-corrected chi connectivity index (χ3v) is 7.82. The van der Waals surface area contributed by atoms with Gasteiger partial charge in [0.15, 0.2) is 0 Å². The Morgan fingerprint density at radius 1 is 1.59 bits per heavy atom. The SMILES string of the molecule is CC(I)C(=O)OC1C2CC3C(S2)C1NS3(=O)=O. The fourth-order valence-corrected chi connectivity index (χ4v) is 7.33. The van der Waals surface area contributed by atoms with Crippen LogP contribution in [0.3, 0.4) is 0 Å². The van der Waals surface area contributed by atoms with Gasteiger partial charge >= 0.3 is 5.97 Å². The van der Waals surface area contributed by atoms with E-state index in [1.54, 1.807) is 18.7 Å². The summed E-state index contributed by atoms with van der Waals surface area (Å²) in [6.07, 6.45) is 0.317. The van der Waals surface area contributed by atoms with E-state index in [9.17, 15) is 13.2 Å². The summed E-state index contributed by atoms with van der Waals surface area (Å²) in [6, 6.07) is -0.215. The van der Waals surface area contributed by atoms with Crippen molar-refractivity contribution in [1.82, 2.24) is 4.72 Å². The van der Waals surface area contributed by atoms with E-state index in [0.717, 1.165) is 0 Å². The highest BCUT2D eigenvalue weighted by molar-refractivity contribution is 14.1. The van der Waals surface area contributed by atoms with Crippen molar-refractivity contribution in [2.75, 3.05) is 0 Å². The number of ether oxygens (including phenoxy) is 1. The van der Waals surface area contributed by atoms with Crippen LogP contribution in [0.2, 0.25) is 0 Å². The molecule has 5 nitrogen and oxygen atoms in total. The van der Waals surface area contributed by atoms with Crippen LogP contribution in [0.15, 0.2) is 0 Å². The molecule has 8 heteroatoms. The van der Waals surface area contributed by atoms with Crippen molar-refractivity contribution >= 4 is 50.3 Å². The van der Waals surface area contributed by atoms with Gasteiger partial charge in [-0.05, 0) is 13.3 Å². The van der Waals surface area contributed by atoms with Crippen LogP contribution in [-0.4, -0.2) is 46.2 Å². The molecule has 3 rings (SSSR count). The normalized spacial score (nSPS) is 47.1. The highest BCUT2D eigenvalue weighted by atomic mass is 127. The average Bonchev–Trinajstić information content (AvgIpc) is 2.81. The van der Waals surface area contributed by atoms with E-state index in [-0.39, 0.29) is 37.8 Å². The summed E-state index contributed by atoms with van der Waals surface area (Å²) >= 11 is 3.65. The number of hydrogen-bond acceptors (Lipinski definition) is 5. The van der Waals surface area contributed by atoms with Crippen LogP contribution in [0.4, 0.5) is 0 Å². The van der Waals surface area contributed by atoms with Gasteiger partial charge in [-0.3, -0.25) is 4.79 Å². The number of alkyl halides is 1. The number of esters is 1. The van der Waals surface area contributed by atoms with Crippen LogP contribution >= 0.6 is 34.4 Å². The molecule has 0 aromatic rings. The number of hydrogen-bond donors (Lipinski definition) is 1. The Morgan fingerprint density at radius 3 is 2.94 bits per heavy atom. The van der Waals surface area contributed by atoms with Gasteiger partial charge in [-0.25, -0.2) is 13.1 Å². The Labute approximate surface area is 118 Å². The van der Waals surface area contributed by atoms with E-state index in [1.807, 2.05) is 22.6 Å². The smallest absolute Gasteiger partial charge is 0.318 e. The van der Waals surface area contributed by atoms with Gasteiger partial charge < -0.3 is 4.74 Å². The molecule has 3 fully saturated rings. The van der Waals surface area contributed by atoms with E-state index in [1.165, 1.54) is 0 Å². The Balaban J connectivity index is 1.81. The molecule has 1 N–H and O–H groups in total. The monoisotopic (exact) mass is 389 g/mol. The maximum Gasteiger partial charge on any atom is 0.318 e. The van der Waals surface area contributed by atoms with E-state index in [0.29, 0.717) is 6.42 Å². The molecule has 3 saturated heterocycles. The first-order chi connectivity index (χ1) is 7.90. The second-order valence-corrected chi connectivity index (χ2v) is 9.84. The number of sulfonamides is 1. The zero-order chi connectivity index (χ0) is 12.4. The zero-order valence-electron chi connectivity index (χ0n) is 9.00. The quantitative estimate of drug-likeness (QED) is 0.417. The van der Waals surface area contributed by atoms with E-state index < -0.39 is 10.0 Å². The number of carbonyl (C=O) groups excluding carboxylic acids is 1. The summed E-state index contributed by atoms with van der Waals surface area (Å²) in [6.45, 7) is 1.77. The van der Waals surface area contributed by atoms with Crippen LogP contribution < -0.4 is 4.72 Å². The molecule has 3 aliphatic heterocycles. The predicted octanol–water partition coefficient (Wildman–Crippen LogP) is 0.280. The van der Waals surface area contributed by atoms with Crippen molar-refractivity contribution in [1.29, 1.82) is 0 Å². The topological polar surface area (TPSA) is 72.5 Å². The molecule has 6 unspecified atom stereocenters. The number of nitrogens with one attached hydrogen (secondary N) is 1. The molecular formula is C9H12INO4S2. The third-order valence-electron chi connectivity index (χ3n) is 3.51. The van der Waals surface area contributed by atoms with Crippen molar-refractivity contribution < 1.29 is 17.9 Å². The molecule has 96 valence electrons. The second kappa shape index (κ2) is 3.97. The molecule has 0 spiro atoms. The summed E-state index contributed by atoms with van der Waals surface area (Å²) < 4.78 is 31.4. The molecular weight excluding hydrogens is 377 g/mol. The number of carbonyl (C=O) groups is 1. The second-order valence-electron chi connectivity index (χ2n) is 4.62. The highest BCUT2D eigenvalue weighted by Crippen LogP contribution is 2.53. The lowest BCUT2D eigenvalue weighted by molar-refractivity contribution is -0.148. The van der Waals surface area contributed by atoms with Gasteiger partial charge in [0.05, 0.1) is 11.3 Å². The van der Waals surface area contributed by atoms with Crippen molar-refractivity contribution in [3.05, 3.63) is 0 Å². The van der Waals surface area contributed by atoms with Crippen molar-refractivity contribution in [3.63, 3.8) is 0 Å². The number of halogens is 1. The van der Waals surface area contributed by atoms with Crippen molar-refractivity contribution in [3.8, 4) is 0 Å². The minimum absolute atomic E-state index is 0.0623. The Kier molecular flexibility index (Phi) is 2.92. The van der Waals surface area contributed by atoms with Gasteiger partial charge in [-0.15, -0.1) is 11.8 Å². The Bertz CT molecular complexity index is 466. The van der Waals surface area contributed by atoms with Crippen molar-refractivity contribution in [2.45, 2.75) is 45.2 Å². The van der Waals surface area contributed by atoms with Crippen LogP contribution in [0, 0.1) is 0 Å². The molecule has 0 radical (unpaired) electrons. The predicted molar refractivity (Wildman–Crippen MR) is 72.8 cm³/mol. The first kappa shape index (κ1) is 12.5. The van der Waals surface area contributed by atoms with Crippen LogP contribution in [-0.2, 0) is 19.6 Å². The lowest BCUT2D eigenvalue weighted by atomic mass is 9.93. The van der Waals surface area contributed by atoms with Gasteiger partial charge in [0.1, 0.15) is 10.0 Å². The highest BCUT2D eigenvalue weighted by Gasteiger charge is 2.64. The lowest BCUT2D eigenvalue weighted by Gasteiger charge is -2.25. The minimum atomic E-state index is -3.18. The molecule has 3 aliphatic rings. The lowest BCUT2D eigenvalue weighted by Crippen LogP contribution is -2.45. The number of fused-ring (bicyclic) bond motifs is 1. The summed E-state index contributed by atoms with van der Waals surface area (Å²) in [5, 5.41) is -0.0827. The fraction of sp³-hybridized carbons (Fsp3) is 0.889. The molecule has 0 amide bonds. The molecule has 17 heavy (non-hydrogen) atoms. The third kappa shape index (κ3) is 1.82. The zero-order valence-corrected chi connectivity index (χ0v) is 12.8. The molecule has 0 saturated carbocycles. The Hall–Kier alpha value is 0.460.